The third-order valence-corrected chi connectivity index (χ3v) is 4.91. The Morgan fingerprint density at radius 3 is 2.46 bits per heavy atom. The molecule has 7 nitrogen and oxygen atoms in total. The Balaban J connectivity index is 1.54. The van der Waals surface area contributed by atoms with E-state index in [9.17, 15) is 9.59 Å². The van der Waals surface area contributed by atoms with Gasteiger partial charge < -0.3 is 9.80 Å². The van der Waals surface area contributed by atoms with Crippen LogP contribution in [0.5, 0.6) is 0 Å². The lowest BCUT2D eigenvalue weighted by Gasteiger charge is -2.36. The van der Waals surface area contributed by atoms with Crippen LogP contribution in [0.15, 0.2) is 24.5 Å². The maximum atomic E-state index is 12.5. The fourth-order valence-electron chi connectivity index (χ4n) is 3.54. The van der Waals surface area contributed by atoms with E-state index in [1.165, 1.54) is 0 Å². The number of piperazine rings is 1. The van der Waals surface area contributed by atoms with E-state index in [-0.39, 0.29) is 11.7 Å². The van der Waals surface area contributed by atoms with Crippen LogP contribution in [0.3, 0.4) is 0 Å². The molecule has 1 amide bonds. The summed E-state index contributed by atoms with van der Waals surface area (Å²) in [6.07, 6.45) is 4.01. The van der Waals surface area contributed by atoms with E-state index in [1.807, 2.05) is 37.1 Å². The van der Waals surface area contributed by atoms with E-state index >= 15 is 0 Å². The summed E-state index contributed by atoms with van der Waals surface area (Å²) in [6.45, 7) is 8.81. The lowest BCUT2D eigenvalue weighted by molar-refractivity contribution is -0.131. The molecular weight excluding hydrogens is 330 g/mol. The summed E-state index contributed by atoms with van der Waals surface area (Å²) >= 11 is 0. The summed E-state index contributed by atoms with van der Waals surface area (Å²) < 4.78 is 1.77. The van der Waals surface area contributed by atoms with Crippen LogP contribution >= 0.6 is 0 Å². The molecule has 0 aliphatic carbocycles. The largest absolute Gasteiger partial charge is 0.367 e. The second-order valence-corrected chi connectivity index (χ2v) is 6.65. The van der Waals surface area contributed by atoms with Crippen LogP contribution in [0.1, 0.15) is 35.1 Å². The summed E-state index contributed by atoms with van der Waals surface area (Å²) in [5, 5.41) is 4.41. The third kappa shape index (κ3) is 3.76. The minimum Gasteiger partial charge on any atom is -0.367 e. The molecule has 2 aromatic rings. The predicted octanol–water partition coefficient (Wildman–Crippen LogP) is 1.84. The summed E-state index contributed by atoms with van der Waals surface area (Å²) in [4.78, 5) is 32.5. The highest BCUT2D eigenvalue weighted by atomic mass is 16.2. The minimum atomic E-state index is 0.0177. The highest BCUT2D eigenvalue weighted by Gasteiger charge is 2.22. The Morgan fingerprint density at radius 1 is 1.15 bits per heavy atom. The van der Waals surface area contributed by atoms with Crippen molar-refractivity contribution in [3.63, 3.8) is 0 Å². The molecule has 1 aliphatic rings. The smallest absolute Gasteiger partial charge is 0.224 e. The van der Waals surface area contributed by atoms with Gasteiger partial charge in [-0.25, -0.2) is 0 Å². The molecule has 1 aliphatic heterocycles. The Labute approximate surface area is 153 Å². The second kappa shape index (κ2) is 7.68. The van der Waals surface area contributed by atoms with Crippen molar-refractivity contribution in [3.8, 4) is 0 Å². The van der Waals surface area contributed by atoms with Crippen LogP contribution in [0.2, 0.25) is 0 Å². The molecule has 0 aromatic carbocycles. The van der Waals surface area contributed by atoms with Gasteiger partial charge in [0.1, 0.15) is 0 Å². The zero-order valence-corrected chi connectivity index (χ0v) is 15.6. The van der Waals surface area contributed by atoms with E-state index < -0.39 is 0 Å². The number of carbonyl (C=O) groups is 2. The molecule has 138 valence electrons. The van der Waals surface area contributed by atoms with Crippen molar-refractivity contribution in [2.75, 3.05) is 31.1 Å². The van der Waals surface area contributed by atoms with Crippen LogP contribution < -0.4 is 4.90 Å². The summed E-state index contributed by atoms with van der Waals surface area (Å²) in [7, 11) is 0. The molecule has 1 saturated heterocycles. The first-order valence-corrected chi connectivity index (χ1v) is 8.95. The zero-order valence-electron chi connectivity index (χ0n) is 15.6. The van der Waals surface area contributed by atoms with E-state index in [0.717, 1.165) is 30.2 Å². The van der Waals surface area contributed by atoms with Crippen molar-refractivity contribution in [1.29, 1.82) is 0 Å². The van der Waals surface area contributed by atoms with Gasteiger partial charge in [-0.05, 0) is 32.9 Å². The molecule has 3 heterocycles. The maximum absolute atomic E-state index is 12.5. The van der Waals surface area contributed by atoms with Crippen LogP contribution in [-0.2, 0) is 11.3 Å². The van der Waals surface area contributed by atoms with Gasteiger partial charge in [-0.2, -0.15) is 5.10 Å². The van der Waals surface area contributed by atoms with Gasteiger partial charge in [0, 0.05) is 51.0 Å². The number of ketones is 1. The number of carbonyl (C=O) groups excluding carboxylic acids is 2. The Morgan fingerprint density at radius 2 is 1.88 bits per heavy atom. The molecule has 3 rings (SSSR count). The highest BCUT2D eigenvalue weighted by Crippen LogP contribution is 2.16. The fraction of sp³-hybridized carbons (Fsp3) is 0.474. The number of pyridine rings is 1. The lowest BCUT2D eigenvalue weighted by atomic mass is 10.1. The van der Waals surface area contributed by atoms with Gasteiger partial charge in [0.15, 0.2) is 5.78 Å². The number of anilines is 1. The molecule has 0 unspecified atom stereocenters. The molecule has 7 heteroatoms. The van der Waals surface area contributed by atoms with Gasteiger partial charge in [0.25, 0.3) is 0 Å². The first-order chi connectivity index (χ1) is 12.5. The van der Waals surface area contributed by atoms with E-state index in [0.29, 0.717) is 31.6 Å². The van der Waals surface area contributed by atoms with Gasteiger partial charge in [0.05, 0.1) is 23.1 Å². The Hall–Kier alpha value is -2.70. The van der Waals surface area contributed by atoms with Gasteiger partial charge in [0.2, 0.25) is 5.91 Å². The molecule has 1 fully saturated rings. The molecule has 0 bridgehead atoms. The summed E-state index contributed by atoms with van der Waals surface area (Å²) in [6, 6.07) is 3.97. The summed E-state index contributed by atoms with van der Waals surface area (Å²) in [5.41, 5.74) is 3.33. The maximum Gasteiger partial charge on any atom is 0.224 e. The molecule has 0 saturated carbocycles. The fourth-order valence-corrected chi connectivity index (χ4v) is 3.54. The first-order valence-electron chi connectivity index (χ1n) is 8.95. The minimum absolute atomic E-state index is 0.0177. The monoisotopic (exact) mass is 355 g/mol. The van der Waals surface area contributed by atoms with Crippen molar-refractivity contribution in [1.82, 2.24) is 19.7 Å². The number of amides is 1. The number of rotatable bonds is 5. The molecular formula is C19H25N5O2. The summed E-state index contributed by atoms with van der Waals surface area (Å²) in [5.74, 6) is 0.150. The average Bonchev–Trinajstić information content (AvgIpc) is 2.94. The van der Waals surface area contributed by atoms with E-state index in [1.54, 1.807) is 17.8 Å². The third-order valence-electron chi connectivity index (χ3n) is 4.91. The zero-order chi connectivity index (χ0) is 18.7. The van der Waals surface area contributed by atoms with Gasteiger partial charge in [-0.15, -0.1) is 0 Å². The number of nitrogens with zero attached hydrogens (tertiary/aromatic N) is 5. The predicted molar refractivity (Wildman–Crippen MR) is 99.4 cm³/mol. The number of hydrogen-bond donors (Lipinski definition) is 0. The quantitative estimate of drug-likeness (QED) is 0.765. The normalized spacial score (nSPS) is 14.6. The number of aryl methyl sites for hydroxylation is 2. The van der Waals surface area contributed by atoms with Crippen molar-refractivity contribution in [3.05, 3.63) is 41.5 Å². The van der Waals surface area contributed by atoms with Crippen molar-refractivity contribution < 1.29 is 9.59 Å². The topological polar surface area (TPSA) is 71.3 Å². The molecule has 26 heavy (non-hydrogen) atoms. The first kappa shape index (κ1) is 18.1. The highest BCUT2D eigenvalue weighted by molar-refractivity contribution is 5.96. The standard InChI is InChI=1S/C19H25N5O2/c1-14-19(16(3)25)15(2)24(21-14)8-6-18(26)23-11-9-22(10-12-23)17-5-4-7-20-13-17/h4-5,7,13H,6,8-12H2,1-3H3. The van der Waals surface area contributed by atoms with Crippen molar-refractivity contribution >= 4 is 17.4 Å². The van der Waals surface area contributed by atoms with Crippen LogP contribution in [0.25, 0.3) is 0 Å². The molecule has 2 aromatic heterocycles. The van der Waals surface area contributed by atoms with Crippen LogP contribution in [0, 0.1) is 13.8 Å². The average molecular weight is 355 g/mol. The number of aromatic nitrogens is 3. The Bertz CT molecular complexity index is 792. The second-order valence-electron chi connectivity index (χ2n) is 6.65. The molecule has 0 spiro atoms. The van der Waals surface area contributed by atoms with Crippen molar-refractivity contribution in [2.24, 2.45) is 0 Å². The van der Waals surface area contributed by atoms with E-state index in [2.05, 4.69) is 15.0 Å². The van der Waals surface area contributed by atoms with Gasteiger partial charge in [-0.3, -0.25) is 19.3 Å². The molecule has 0 radical (unpaired) electrons. The lowest BCUT2D eigenvalue weighted by Crippen LogP contribution is -2.49. The van der Waals surface area contributed by atoms with Crippen molar-refractivity contribution in [2.45, 2.75) is 33.7 Å². The van der Waals surface area contributed by atoms with Gasteiger partial charge >= 0.3 is 0 Å². The SMILES string of the molecule is CC(=O)c1c(C)nn(CCC(=O)N2CCN(c3cccnc3)CC2)c1C. The number of Topliss-reactive ketones (excluding diaryl/α,β-unsaturated/α-hetero) is 1. The van der Waals surface area contributed by atoms with Gasteiger partial charge in [-0.1, -0.05) is 0 Å². The van der Waals surface area contributed by atoms with E-state index in [4.69, 9.17) is 0 Å². The van der Waals surface area contributed by atoms with Crippen LogP contribution in [0.4, 0.5) is 5.69 Å². The number of hydrogen-bond acceptors (Lipinski definition) is 5. The molecule has 0 N–H and O–H groups in total. The molecule has 0 atom stereocenters. The Kier molecular flexibility index (Phi) is 5.35. The van der Waals surface area contributed by atoms with Crippen LogP contribution in [-0.4, -0.2) is 57.5 Å².